The molecule has 1 atom stereocenters. The van der Waals surface area contributed by atoms with Gasteiger partial charge in [0.15, 0.2) is 5.13 Å². The van der Waals surface area contributed by atoms with Crippen molar-refractivity contribution in [2.45, 2.75) is 36.6 Å². The van der Waals surface area contributed by atoms with Gasteiger partial charge in [-0.25, -0.2) is 27.2 Å². The van der Waals surface area contributed by atoms with Crippen LogP contribution in [0, 0.1) is 17.6 Å². The molecule has 41 heavy (non-hydrogen) atoms. The lowest BCUT2D eigenvalue weighted by atomic mass is 10.00. The fourth-order valence-corrected chi connectivity index (χ4v) is 7.49. The van der Waals surface area contributed by atoms with Crippen molar-refractivity contribution < 1.29 is 26.7 Å². The summed E-state index contributed by atoms with van der Waals surface area (Å²) >= 11 is 0.907. The highest BCUT2D eigenvalue weighted by atomic mass is 32.2. The van der Waals surface area contributed by atoms with Gasteiger partial charge in [-0.2, -0.15) is 4.31 Å². The first kappa shape index (κ1) is 29.3. The van der Waals surface area contributed by atoms with Crippen molar-refractivity contribution in [2.24, 2.45) is 5.92 Å². The molecule has 2 saturated heterocycles. The lowest BCUT2D eigenvalue weighted by Crippen LogP contribution is -2.42. The number of nitrogen functional groups attached to an aromatic ring is 1. The molecular formula is C27H32F2N6O4S2. The molecule has 220 valence electrons. The molecular weight excluding hydrogens is 574 g/mol. The van der Waals surface area contributed by atoms with E-state index in [1.807, 2.05) is 0 Å². The molecule has 0 saturated carbocycles. The number of sulfonamides is 1. The minimum absolute atomic E-state index is 0.0671. The summed E-state index contributed by atoms with van der Waals surface area (Å²) in [6.45, 7) is 3.14. The molecule has 0 radical (unpaired) electrons. The van der Waals surface area contributed by atoms with Crippen LogP contribution < -0.4 is 15.8 Å². The van der Waals surface area contributed by atoms with E-state index in [0.29, 0.717) is 36.4 Å². The predicted octanol–water partition coefficient (Wildman–Crippen LogP) is 3.62. The Hall–Kier alpha value is -3.20. The van der Waals surface area contributed by atoms with Crippen molar-refractivity contribution >= 4 is 38.1 Å². The molecule has 2 fully saturated rings. The largest absolute Gasteiger partial charge is 0.477 e. The Bertz CT molecular complexity index is 1470. The van der Waals surface area contributed by atoms with Crippen molar-refractivity contribution in [3.05, 3.63) is 58.6 Å². The van der Waals surface area contributed by atoms with Crippen LogP contribution in [-0.4, -0.2) is 79.2 Å². The number of nitrogens with two attached hydrogens (primary N) is 1. The maximum atomic E-state index is 14.1. The quantitative estimate of drug-likeness (QED) is 0.351. The average Bonchev–Trinajstić information content (AvgIpc) is 3.32. The number of rotatable bonds is 9. The smallest absolute Gasteiger partial charge is 0.244 e. The predicted molar refractivity (Wildman–Crippen MR) is 152 cm³/mol. The minimum atomic E-state index is -3.74. The zero-order chi connectivity index (χ0) is 29.1. The molecule has 14 heteroatoms. The number of halogens is 2. The number of carbonyl (C=O) groups is 1. The maximum absolute atomic E-state index is 14.1. The van der Waals surface area contributed by atoms with E-state index >= 15 is 0 Å². The minimum Gasteiger partial charge on any atom is -0.477 e. The summed E-state index contributed by atoms with van der Waals surface area (Å²) < 4.78 is 61.8. The fourth-order valence-electron chi connectivity index (χ4n) is 5.17. The topological polar surface area (TPSA) is 131 Å². The highest BCUT2D eigenvalue weighted by molar-refractivity contribution is 7.89. The van der Waals surface area contributed by atoms with E-state index < -0.39 is 33.0 Å². The van der Waals surface area contributed by atoms with Gasteiger partial charge in [0.05, 0.1) is 18.4 Å². The van der Waals surface area contributed by atoms with E-state index in [2.05, 4.69) is 27.2 Å². The molecule has 3 aromatic rings. The molecule has 1 aromatic carbocycles. The number of aromatic nitrogens is 2. The second-order valence-corrected chi connectivity index (χ2v) is 13.3. The molecule has 0 bridgehead atoms. The number of benzene rings is 1. The number of thiazole rings is 1. The Balaban J connectivity index is 1.15. The number of hydrogen-bond acceptors (Lipinski definition) is 10. The van der Waals surface area contributed by atoms with Crippen molar-refractivity contribution in [1.82, 2.24) is 19.2 Å². The molecule has 4 heterocycles. The van der Waals surface area contributed by atoms with E-state index in [9.17, 15) is 22.0 Å². The average molecular weight is 607 g/mol. The van der Waals surface area contributed by atoms with Gasteiger partial charge in [-0.15, -0.1) is 0 Å². The highest BCUT2D eigenvalue weighted by Gasteiger charge is 2.31. The molecule has 0 unspecified atom stereocenters. The van der Waals surface area contributed by atoms with Gasteiger partial charge in [-0.05, 0) is 57.5 Å². The van der Waals surface area contributed by atoms with Crippen LogP contribution in [0.3, 0.4) is 0 Å². The van der Waals surface area contributed by atoms with Gasteiger partial charge in [0.1, 0.15) is 27.2 Å². The van der Waals surface area contributed by atoms with Crippen LogP contribution in [-0.2, 0) is 10.0 Å². The number of nitrogens with one attached hydrogen (secondary N) is 1. The number of nitrogens with zero attached hydrogens (tertiary/aromatic N) is 4. The third-order valence-electron chi connectivity index (χ3n) is 7.37. The molecule has 0 spiro atoms. The zero-order valence-corrected chi connectivity index (χ0v) is 24.2. The standard InChI is InChI=1S/C27H32F2N6O4S2/c1-34-11-3-4-17(15-34)16-39-22-8-7-19(14-31-22)41(37,38)35-12-9-18(10-13-35)32-27-33-26(30)25(40-27)24(36)23-20(28)5-2-6-21(23)29/h2,5-8,14,17-18H,3-4,9-13,15-16,30H2,1H3,(H,32,33)/t17-/m0/s1. The number of piperidine rings is 2. The summed E-state index contributed by atoms with van der Waals surface area (Å²) in [5.41, 5.74) is 5.21. The molecule has 3 N–H and O–H groups in total. The number of pyridine rings is 1. The van der Waals surface area contributed by atoms with Crippen LogP contribution in [0.25, 0.3) is 0 Å². The van der Waals surface area contributed by atoms with Gasteiger partial charge < -0.3 is 20.7 Å². The van der Waals surface area contributed by atoms with Gasteiger partial charge in [0.25, 0.3) is 0 Å². The van der Waals surface area contributed by atoms with Crippen molar-refractivity contribution in [2.75, 3.05) is 50.9 Å². The summed E-state index contributed by atoms with van der Waals surface area (Å²) in [6, 6.07) is 6.16. The van der Waals surface area contributed by atoms with Gasteiger partial charge in [-0.3, -0.25) is 4.79 Å². The second kappa shape index (κ2) is 12.3. The number of hydrogen-bond donors (Lipinski definition) is 2. The maximum Gasteiger partial charge on any atom is 0.244 e. The Kier molecular flexibility index (Phi) is 8.82. The van der Waals surface area contributed by atoms with Crippen LogP contribution in [0.5, 0.6) is 5.88 Å². The molecule has 2 aliphatic rings. The van der Waals surface area contributed by atoms with Crippen LogP contribution in [0.2, 0.25) is 0 Å². The van der Waals surface area contributed by atoms with Gasteiger partial charge in [0.2, 0.25) is 21.7 Å². The molecule has 10 nitrogen and oxygen atoms in total. The number of carbonyl (C=O) groups excluding carboxylic acids is 1. The fraction of sp³-hybridized carbons (Fsp3) is 0.444. The van der Waals surface area contributed by atoms with Crippen LogP contribution in [0.1, 0.15) is 40.9 Å². The summed E-state index contributed by atoms with van der Waals surface area (Å²) in [5.74, 6) is -2.13. The SMILES string of the molecule is CN1CCC[C@H](COc2ccc(S(=O)(=O)N3CCC(Nc4nc(N)c(C(=O)c5c(F)cccc5F)s4)CC3)cn2)C1. The van der Waals surface area contributed by atoms with Gasteiger partial charge >= 0.3 is 0 Å². The number of likely N-dealkylation sites (tertiary alicyclic amines) is 1. The number of anilines is 2. The van der Waals surface area contributed by atoms with Crippen LogP contribution in [0.4, 0.5) is 19.7 Å². The van der Waals surface area contributed by atoms with E-state index in [0.717, 1.165) is 49.4 Å². The zero-order valence-electron chi connectivity index (χ0n) is 22.6. The van der Waals surface area contributed by atoms with E-state index in [1.165, 1.54) is 22.6 Å². The summed E-state index contributed by atoms with van der Waals surface area (Å²) in [5, 5.41) is 3.50. The van der Waals surface area contributed by atoms with E-state index in [1.54, 1.807) is 6.07 Å². The monoisotopic (exact) mass is 606 g/mol. The lowest BCUT2D eigenvalue weighted by molar-refractivity contribution is 0.103. The normalized spacial score (nSPS) is 19.2. The Morgan fingerprint density at radius 2 is 1.88 bits per heavy atom. The summed E-state index contributed by atoms with van der Waals surface area (Å²) in [7, 11) is -1.65. The third kappa shape index (κ3) is 6.66. The molecule has 0 amide bonds. The lowest BCUT2D eigenvalue weighted by Gasteiger charge is -2.31. The molecule has 0 aliphatic carbocycles. The van der Waals surface area contributed by atoms with E-state index in [4.69, 9.17) is 10.5 Å². The Morgan fingerprint density at radius 3 is 2.54 bits per heavy atom. The Labute approximate surface area is 241 Å². The first-order valence-electron chi connectivity index (χ1n) is 13.4. The highest BCUT2D eigenvalue weighted by Crippen LogP contribution is 2.31. The molecule has 2 aliphatic heterocycles. The summed E-state index contributed by atoms with van der Waals surface area (Å²) in [4.78, 5) is 23.4. The third-order valence-corrected chi connectivity index (χ3v) is 10.3. The van der Waals surface area contributed by atoms with Crippen LogP contribution >= 0.6 is 11.3 Å². The Morgan fingerprint density at radius 1 is 1.15 bits per heavy atom. The molecule has 2 aromatic heterocycles. The van der Waals surface area contributed by atoms with E-state index in [-0.39, 0.29) is 34.7 Å². The number of ether oxygens (including phenoxy) is 1. The molecule has 5 rings (SSSR count). The van der Waals surface area contributed by atoms with Crippen molar-refractivity contribution in [3.8, 4) is 5.88 Å². The second-order valence-electron chi connectivity index (χ2n) is 10.4. The van der Waals surface area contributed by atoms with Crippen LogP contribution in [0.15, 0.2) is 41.4 Å². The number of ketones is 1. The van der Waals surface area contributed by atoms with Gasteiger partial charge in [-0.1, -0.05) is 17.4 Å². The van der Waals surface area contributed by atoms with Gasteiger partial charge in [0, 0.05) is 37.7 Å². The first-order chi connectivity index (χ1) is 19.6. The van der Waals surface area contributed by atoms with Crippen molar-refractivity contribution in [3.63, 3.8) is 0 Å². The van der Waals surface area contributed by atoms with Crippen molar-refractivity contribution in [1.29, 1.82) is 0 Å². The summed E-state index contributed by atoms with van der Waals surface area (Å²) in [6.07, 6.45) is 4.53. The first-order valence-corrected chi connectivity index (χ1v) is 15.7.